The lowest BCUT2D eigenvalue weighted by Crippen LogP contribution is -2.49. The van der Waals surface area contributed by atoms with Gasteiger partial charge in [0.05, 0.1) is 86.2 Å². The monoisotopic (exact) mass is 976 g/mol. The van der Waals surface area contributed by atoms with Crippen molar-refractivity contribution in [2.75, 3.05) is 99.2 Å². The van der Waals surface area contributed by atoms with Gasteiger partial charge in [-0.3, -0.25) is 29.1 Å². The zero-order valence-electron chi connectivity index (χ0n) is 40.1. The molecule has 0 spiro atoms. The molecule has 8 heterocycles. The average Bonchev–Trinajstić information content (AvgIpc) is 3.43. The van der Waals surface area contributed by atoms with Gasteiger partial charge in [-0.1, -0.05) is 0 Å². The second kappa shape index (κ2) is 25.8. The Kier molecular flexibility index (Phi) is 18.4. The van der Waals surface area contributed by atoms with Crippen LogP contribution >= 0.6 is 0 Å². The van der Waals surface area contributed by atoms with E-state index in [1.54, 1.807) is 75.6 Å². The highest BCUT2D eigenvalue weighted by Gasteiger charge is 2.24. The van der Waals surface area contributed by atoms with Gasteiger partial charge in [0.2, 0.25) is 11.8 Å². The number of hydrogen-bond donors (Lipinski definition) is 4. The van der Waals surface area contributed by atoms with Gasteiger partial charge >= 0.3 is 0 Å². The van der Waals surface area contributed by atoms with Crippen molar-refractivity contribution in [3.05, 3.63) is 152 Å². The zero-order valence-corrected chi connectivity index (χ0v) is 40.1. The first kappa shape index (κ1) is 51.3. The number of amides is 2. The van der Waals surface area contributed by atoms with E-state index >= 15 is 0 Å². The standard InChI is InChI=1S/2C25H28N8O3/c2*1-18-21(16-29-31-25(18)35)30-22(20-4-7-27-8-5-20)17-36-13-6-24(34)33-11-9-32(10-12-33)23-3-2-19(14-26)15-28-23/h2*2-5,7-8,15-16,22H,6,9-13,17H2,1H3,(H2,30,31,35)/t2*22-/m10/s1. The van der Waals surface area contributed by atoms with Crippen LogP contribution in [0.1, 0.15) is 58.3 Å². The van der Waals surface area contributed by atoms with Crippen LogP contribution in [0.3, 0.4) is 0 Å². The van der Waals surface area contributed by atoms with Gasteiger partial charge in [-0.2, -0.15) is 20.7 Å². The molecule has 8 rings (SSSR count). The van der Waals surface area contributed by atoms with Gasteiger partial charge in [-0.15, -0.1) is 0 Å². The van der Waals surface area contributed by atoms with Crippen molar-refractivity contribution in [2.24, 2.45) is 0 Å². The molecule has 0 unspecified atom stereocenters. The Labute approximate surface area is 415 Å². The highest BCUT2D eigenvalue weighted by Crippen LogP contribution is 2.23. The van der Waals surface area contributed by atoms with Crippen LogP contribution in [-0.2, 0) is 19.1 Å². The minimum atomic E-state index is -0.255. The summed E-state index contributed by atoms with van der Waals surface area (Å²) < 4.78 is 11.8. The molecule has 2 fully saturated rings. The summed E-state index contributed by atoms with van der Waals surface area (Å²) in [5.74, 6) is 1.71. The normalized spacial score (nSPS) is 14.2. The maximum Gasteiger partial charge on any atom is 0.269 e. The lowest BCUT2D eigenvalue weighted by molar-refractivity contribution is -0.133. The number of piperazine rings is 2. The largest absolute Gasteiger partial charge is 0.378 e. The number of nitriles is 2. The molecule has 372 valence electrons. The maximum absolute atomic E-state index is 12.7. The minimum Gasteiger partial charge on any atom is -0.378 e. The third-order valence-electron chi connectivity index (χ3n) is 12.2. The number of H-pyrrole nitrogens is 2. The van der Waals surface area contributed by atoms with Gasteiger partial charge in [-0.05, 0) is 73.5 Å². The van der Waals surface area contributed by atoms with E-state index in [2.05, 4.69) is 72.9 Å². The summed E-state index contributed by atoms with van der Waals surface area (Å²) in [7, 11) is 0. The van der Waals surface area contributed by atoms with E-state index in [-0.39, 0.29) is 61.1 Å². The summed E-state index contributed by atoms with van der Waals surface area (Å²) in [6, 6.07) is 18.3. The Balaban J connectivity index is 0.000000211. The van der Waals surface area contributed by atoms with E-state index in [4.69, 9.17) is 20.0 Å². The maximum atomic E-state index is 12.7. The van der Waals surface area contributed by atoms with Crippen LogP contribution in [-0.4, -0.2) is 141 Å². The lowest BCUT2D eigenvalue weighted by Gasteiger charge is -2.35. The summed E-state index contributed by atoms with van der Waals surface area (Å²) in [6.45, 7) is 9.80. The average molecular weight is 977 g/mol. The van der Waals surface area contributed by atoms with Crippen LogP contribution in [0.15, 0.2) is 108 Å². The van der Waals surface area contributed by atoms with E-state index in [9.17, 15) is 19.2 Å². The number of carbonyl (C=O) groups excluding carboxylic acids is 2. The fraction of sp³-hybridized carbons (Fsp3) is 0.360. The Morgan fingerprint density at radius 1 is 0.597 bits per heavy atom. The third-order valence-corrected chi connectivity index (χ3v) is 12.2. The molecule has 22 nitrogen and oxygen atoms in total. The molecule has 2 amide bonds. The fourth-order valence-corrected chi connectivity index (χ4v) is 7.90. The van der Waals surface area contributed by atoms with Gasteiger partial charge in [-0.25, -0.2) is 20.2 Å². The van der Waals surface area contributed by atoms with Crippen molar-refractivity contribution in [2.45, 2.75) is 38.8 Å². The van der Waals surface area contributed by atoms with Crippen molar-refractivity contribution in [3.63, 3.8) is 0 Å². The number of nitrogens with one attached hydrogen (secondary N) is 4. The second-order valence-electron chi connectivity index (χ2n) is 16.8. The number of pyridine rings is 4. The Morgan fingerprint density at radius 2 is 0.986 bits per heavy atom. The molecular weight excluding hydrogens is 921 g/mol. The van der Waals surface area contributed by atoms with Gasteiger partial charge in [0.15, 0.2) is 0 Å². The summed E-state index contributed by atoms with van der Waals surface area (Å²) in [4.78, 5) is 74.0. The van der Waals surface area contributed by atoms with Crippen LogP contribution < -0.4 is 31.6 Å². The van der Waals surface area contributed by atoms with Crippen molar-refractivity contribution in [1.29, 1.82) is 10.5 Å². The molecule has 4 N–H and O–H groups in total. The van der Waals surface area contributed by atoms with Gasteiger partial charge < -0.3 is 39.7 Å². The van der Waals surface area contributed by atoms with Crippen LogP contribution in [0, 0.1) is 36.5 Å². The number of carbonyl (C=O) groups is 2. The summed E-state index contributed by atoms with van der Waals surface area (Å²) >= 11 is 0. The molecule has 0 radical (unpaired) electrons. The third kappa shape index (κ3) is 14.2. The molecule has 6 aromatic rings. The zero-order chi connectivity index (χ0) is 50.7. The van der Waals surface area contributed by atoms with E-state index in [0.717, 1.165) is 22.8 Å². The molecule has 6 aromatic heterocycles. The van der Waals surface area contributed by atoms with E-state index in [1.807, 2.05) is 46.2 Å². The number of aromatic amines is 2. The van der Waals surface area contributed by atoms with Crippen molar-refractivity contribution in [3.8, 4) is 12.1 Å². The Morgan fingerprint density at radius 3 is 1.33 bits per heavy atom. The van der Waals surface area contributed by atoms with Crippen LogP contribution in [0.5, 0.6) is 0 Å². The number of hydrogen-bond acceptors (Lipinski definition) is 18. The smallest absolute Gasteiger partial charge is 0.269 e. The number of aromatic nitrogens is 8. The predicted molar refractivity (Wildman–Crippen MR) is 267 cm³/mol. The molecule has 22 heteroatoms. The number of ether oxygens (including phenoxy) is 2. The molecule has 0 aliphatic carbocycles. The molecule has 2 atom stereocenters. The molecule has 2 aliphatic rings. The first-order valence-corrected chi connectivity index (χ1v) is 23.4. The first-order chi connectivity index (χ1) is 35.1. The van der Waals surface area contributed by atoms with Crippen molar-refractivity contribution in [1.82, 2.24) is 50.1 Å². The number of rotatable bonds is 18. The van der Waals surface area contributed by atoms with Crippen LogP contribution in [0.2, 0.25) is 0 Å². The summed E-state index contributed by atoms with van der Waals surface area (Å²) in [5.41, 5.74) is 4.75. The van der Waals surface area contributed by atoms with Gasteiger partial charge in [0.1, 0.15) is 23.8 Å². The van der Waals surface area contributed by atoms with Crippen molar-refractivity contribution >= 4 is 34.8 Å². The quantitative estimate of drug-likeness (QED) is 0.0899. The van der Waals surface area contributed by atoms with Gasteiger partial charge in [0.25, 0.3) is 11.1 Å². The second-order valence-corrected chi connectivity index (χ2v) is 16.8. The SMILES string of the molecule is Cc1c(N[C@@H](COCCC(=O)N2CCN(c3ccc(C#N)cn3)CC2)c2ccncc2)cn[nH]c1=O.Cc1c(N[C@H](COCCC(=O)N2CCN(c3ccc(C#N)cn3)CC2)c2ccncc2)cn[nH]c1=O. The molecule has 2 saturated heterocycles. The Bertz CT molecular complexity index is 2700. The summed E-state index contributed by atoms with van der Waals surface area (Å²) in [6.07, 6.45) is 13.6. The van der Waals surface area contributed by atoms with E-state index < -0.39 is 0 Å². The van der Waals surface area contributed by atoms with Crippen molar-refractivity contribution < 1.29 is 19.1 Å². The molecule has 72 heavy (non-hydrogen) atoms. The summed E-state index contributed by atoms with van der Waals surface area (Å²) in [5, 5.41) is 37.1. The van der Waals surface area contributed by atoms with E-state index in [1.165, 1.54) is 0 Å². The fourth-order valence-electron chi connectivity index (χ4n) is 7.90. The molecule has 0 aromatic carbocycles. The molecule has 0 saturated carbocycles. The highest BCUT2D eigenvalue weighted by atomic mass is 16.5. The Hall–Kier alpha value is -8.60. The van der Waals surface area contributed by atoms with Crippen LogP contribution in [0.25, 0.3) is 0 Å². The molecule has 0 bridgehead atoms. The van der Waals surface area contributed by atoms with E-state index in [0.29, 0.717) is 99.2 Å². The molecular formula is C50H56N16O6. The number of anilines is 4. The molecule has 2 aliphatic heterocycles. The van der Waals surface area contributed by atoms with Gasteiger partial charge in [0, 0.05) is 101 Å². The minimum absolute atomic E-state index is 0.0468. The predicted octanol–water partition coefficient (Wildman–Crippen LogP) is 3.30. The number of nitrogens with zero attached hydrogens (tertiary/aromatic N) is 12. The lowest BCUT2D eigenvalue weighted by atomic mass is 10.1. The van der Waals surface area contributed by atoms with Crippen LogP contribution in [0.4, 0.5) is 23.0 Å². The topological polar surface area (TPSA) is 280 Å². The first-order valence-electron chi connectivity index (χ1n) is 23.4. The highest BCUT2D eigenvalue weighted by molar-refractivity contribution is 5.77.